The Labute approximate surface area is 127 Å². The summed E-state index contributed by atoms with van der Waals surface area (Å²) in [5, 5.41) is 5.91. The lowest BCUT2D eigenvalue weighted by atomic mass is 9.83. The summed E-state index contributed by atoms with van der Waals surface area (Å²) in [6.07, 6.45) is 8.59. The minimum absolute atomic E-state index is 0.0334. The third kappa shape index (κ3) is 4.40. The van der Waals surface area contributed by atoms with Gasteiger partial charge in [0.1, 0.15) is 0 Å². The monoisotopic (exact) mass is 292 g/mol. The average Bonchev–Trinajstić information content (AvgIpc) is 2.90. The molecule has 0 aromatic carbocycles. The molecule has 1 aliphatic carbocycles. The van der Waals surface area contributed by atoms with Crippen molar-refractivity contribution in [1.29, 1.82) is 0 Å². The molecular formula is C17H28N2O2. The second-order valence-electron chi connectivity index (χ2n) is 6.53. The fourth-order valence-electron chi connectivity index (χ4n) is 3.60. The summed E-state index contributed by atoms with van der Waals surface area (Å²) in [4.78, 5) is 24.2. The number of likely N-dealkylation sites (N-methyl/N-ethyl adjacent to an activating group) is 1. The molecule has 2 rings (SSSR count). The van der Waals surface area contributed by atoms with E-state index in [0.717, 1.165) is 25.0 Å². The Hall–Kier alpha value is -1.16. The standard InChI is InChI=1S/C17H28N2O2/c1-12(10-13-6-4-3-5-7-13)16(20)15(18-2)11-14-8-9-19-17(14)21/h13-15,18H,1,3-11H2,2H3,(H,19,21). The molecule has 21 heavy (non-hydrogen) atoms. The maximum absolute atomic E-state index is 12.5. The summed E-state index contributed by atoms with van der Waals surface area (Å²) in [6.45, 7) is 4.75. The molecule has 2 fully saturated rings. The zero-order valence-corrected chi connectivity index (χ0v) is 13.1. The van der Waals surface area contributed by atoms with Crippen LogP contribution in [0.25, 0.3) is 0 Å². The highest BCUT2D eigenvalue weighted by molar-refractivity contribution is 5.99. The minimum atomic E-state index is -0.269. The third-order valence-electron chi connectivity index (χ3n) is 4.96. The van der Waals surface area contributed by atoms with Gasteiger partial charge in [-0.1, -0.05) is 38.7 Å². The van der Waals surface area contributed by atoms with Crippen LogP contribution in [0, 0.1) is 11.8 Å². The molecule has 2 N–H and O–H groups in total. The SMILES string of the molecule is C=C(CC1CCCCC1)C(=O)C(CC1CCNC1=O)NC. The van der Waals surface area contributed by atoms with E-state index in [1.165, 1.54) is 32.1 Å². The van der Waals surface area contributed by atoms with Crippen molar-refractivity contribution in [3.8, 4) is 0 Å². The van der Waals surface area contributed by atoms with Gasteiger partial charge in [0.05, 0.1) is 6.04 Å². The Morgan fingerprint density at radius 1 is 1.33 bits per heavy atom. The number of hydrogen-bond donors (Lipinski definition) is 2. The van der Waals surface area contributed by atoms with Crippen molar-refractivity contribution in [2.75, 3.05) is 13.6 Å². The van der Waals surface area contributed by atoms with E-state index >= 15 is 0 Å². The number of carbonyl (C=O) groups is 2. The summed E-state index contributed by atoms with van der Waals surface area (Å²) < 4.78 is 0. The van der Waals surface area contributed by atoms with Crippen molar-refractivity contribution in [2.24, 2.45) is 11.8 Å². The lowest BCUT2D eigenvalue weighted by Crippen LogP contribution is -2.38. The molecule has 4 nitrogen and oxygen atoms in total. The lowest BCUT2D eigenvalue weighted by molar-refractivity contribution is -0.123. The molecule has 0 bridgehead atoms. The first-order valence-corrected chi connectivity index (χ1v) is 8.28. The zero-order valence-electron chi connectivity index (χ0n) is 13.1. The smallest absolute Gasteiger partial charge is 0.223 e. The molecule has 2 atom stereocenters. The third-order valence-corrected chi connectivity index (χ3v) is 4.96. The van der Waals surface area contributed by atoms with Gasteiger partial charge in [-0.3, -0.25) is 9.59 Å². The number of rotatable bonds is 7. The Bertz CT molecular complexity index is 400. The maximum atomic E-state index is 12.5. The van der Waals surface area contributed by atoms with Crippen molar-refractivity contribution in [1.82, 2.24) is 10.6 Å². The molecule has 118 valence electrons. The van der Waals surface area contributed by atoms with Gasteiger partial charge in [0.2, 0.25) is 5.91 Å². The van der Waals surface area contributed by atoms with E-state index in [1.54, 1.807) is 7.05 Å². The lowest BCUT2D eigenvalue weighted by Gasteiger charge is -2.24. The normalized spacial score (nSPS) is 24.6. The fraction of sp³-hybridized carbons (Fsp3) is 0.765. The number of ketones is 1. The molecule has 2 aliphatic rings. The molecule has 0 spiro atoms. The van der Waals surface area contributed by atoms with Gasteiger partial charge in [0.15, 0.2) is 5.78 Å². The second kappa shape index (κ2) is 7.74. The number of nitrogens with one attached hydrogen (secondary N) is 2. The van der Waals surface area contributed by atoms with Crippen LogP contribution < -0.4 is 10.6 Å². The maximum Gasteiger partial charge on any atom is 0.223 e. The summed E-state index contributed by atoms with van der Waals surface area (Å²) in [5.74, 6) is 0.778. The first kappa shape index (κ1) is 16.2. The number of Topliss-reactive ketones (excluding diaryl/α,β-unsaturated/α-hetero) is 1. The zero-order chi connectivity index (χ0) is 15.2. The van der Waals surface area contributed by atoms with E-state index in [-0.39, 0.29) is 23.7 Å². The van der Waals surface area contributed by atoms with Gasteiger partial charge in [-0.05, 0) is 37.8 Å². The van der Waals surface area contributed by atoms with E-state index in [4.69, 9.17) is 0 Å². The number of amides is 1. The van der Waals surface area contributed by atoms with Crippen LogP contribution >= 0.6 is 0 Å². The Morgan fingerprint density at radius 3 is 2.62 bits per heavy atom. The van der Waals surface area contributed by atoms with E-state index < -0.39 is 0 Å². The molecule has 2 unspecified atom stereocenters. The first-order chi connectivity index (χ1) is 10.1. The predicted octanol–water partition coefficient (Wildman–Crippen LogP) is 2.20. The Morgan fingerprint density at radius 2 is 2.05 bits per heavy atom. The number of hydrogen-bond acceptors (Lipinski definition) is 3. The largest absolute Gasteiger partial charge is 0.356 e. The van der Waals surface area contributed by atoms with Gasteiger partial charge in [0, 0.05) is 12.5 Å². The van der Waals surface area contributed by atoms with Crippen LogP contribution in [0.2, 0.25) is 0 Å². The molecule has 1 aliphatic heterocycles. The summed E-state index contributed by atoms with van der Waals surface area (Å²) in [5.41, 5.74) is 0.736. The van der Waals surface area contributed by atoms with E-state index in [0.29, 0.717) is 12.3 Å². The molecule has 0 aromatic rings. The van der Waals surface area contributed by atoms with Crippen LogP contribution in [0.15, 0.2) is 12.2 Å². The minimum Gasteiger partial charge on any atom is -0.356 e. The van der Waals surface area contributed by atoms with Gasteiger partial charge in [-0.15, -0.1) is 0 Å². The summed E-state index contributed by atoms with van der Waals surface area (Å²) in [7, 11) is 1.79. The van der Waals surface area contributed by atoms with Crippen molar-refractivity contribution >= 4 is 11.7 Å². The average molecular weight is 292 g/mol. The van der Waals surface area contributed by atoms with Crippen LogP contribution in [-0.2, 0) is 9.59 Å². The van der Waals surface area contributed by atoms with Crippen molar-refractivity contribution < 1.29 is 9.59 Å². The molecular weight excluding hydrogens is 264 g/mol. The molecule has 0 radical (unpaired) electrons. The Kier molecular flexibility index (Phi) is 5.97. The van der Waals surface area contributed by atoms with Gasteiger partial charge in [-0.25, -0.2) is 0 Å². The highest BCUT2D eigenvalue weighted by atomic mass is 16.2. The van der Waals surface area contributed by atoms with Crippen LogP contribution in [0.1, 0.15) is 51.4 Å². The molecule has 1 heterocycles. The first-order valence-electron chi connectivity index (χ1n) is 8.28. The van der Waals surface area contributed by atoms with Crippen LogP contribution in [0.5, 0.6) is 0 Å². The van der Waals surface area contributed by atoms with Gasteiger partial charge in [-0.2, -0.15) is 0 Å². The van der Waals surface area contributed by atoms with Crippen molar-refractivity contribution in [3.05, 3.63) is 12.2 Å². The van der Waals surface area contributed by atoms with Gasteiger partial charge < -0.3 is 10.6 Å². The molecule has 1 saturated heterocycles. The van der Waals surface area contributed by atoms with Crippen molar-refractivity contribution in [3.63, 3.8) is 0 Å². The second-order valence-corrected chi connectivity index (χ2v) is 6.53. The predicted molar refractivity (Wildman–Crippen MR) is 83.9 cm³/mol. The summed E-state index contributed by atoms with van der Waals surface area (Å²) >= 11 is 0. The Balaban J connectivity index is 1.85. The molecule has 4 heteroatoms. The van der Waals surface area contributed by atoms with Crippen LogP contribution in [-0.4, -0.2) is 31.3 Å². The van der Waals surface area contributed by atoms with E-state index in [2.05, 4.69) is 17.2 Å². The van der Waals surface area contributed by atoms with E-state index in [1.807, 2.05) is 0 Å². The van der Waals surface area contributed by atoms with Crippen LogP contribution in [0.3, 0.4) is 0 Å². The molecule has 1 amide bonds. The van der Waals surface area contributed by atoms with Crippen LogP contribution in [0.4, 0.5) is 0 Å². The van der Waals surface area contributed by atoms with Gasteiger partial charge >= 0.3 is 0 Å². The molecule has 1 saturated carbocycles. The fourth-order valence-corrected chi connectivity index (χ4v) is 3.60. The topological polar surface area (TPSA) is 58.2 Å². The highest BCUT2D eigenvalue weighted by Gasteiger charge is 2.30. The van der Waals surface area contributed by atoms with E-state index in [9.17, 15) is 9.59 Å². The highest BCUT2D eigenvalue weighted by Crippen LogP contribution is 2.29. The van der Waals surface area contributed by atoms with Crippen molar-refractivity contribution in [2.45, 2.75) is 57.4 Å². The quantitative estimate of drug-likeness (QED) is 0.707. The summed E-state index contributed by atoms with van der Waals surface area (Å²) in [6, 6.07) is -0.269. The number of carbonyl (C=O) groups excluding carboxylic acids is 2. The molecule has 0 aromatic heterocycles. The van der Waals surface area contributed by atoms with Gasteiger partial charge in [0.25, 0.3) is 0 Å².